The number of carboxylic acid groups (broad SMARTS) is 1. The molecule has 2 rings (SSSR count). The maximum Gasteiger partial charge on any atom is 0.303 e. The highest BCUT2D eigenvalue weighted by atomic mass is 16.4. The van der Waals surface area contributed by atoms with Crippen molar-refractivity contribution in [3.8, 4) is 0 Å². The lowest BCUT2D eigenvalue weighted by Crippen LogP contribution is -2.51. The molecular weight excluding hydrogens is 190 g/mol. The highest BCUT2D eigenvalue weighted by Gasteiger charge is 2.54. The van der Waals surface area contributed by atoms with Gasteiger partial charge in [-0.15, -0.1) is 0 Å². The molecule has 84 valence electrons. The summed E-state index contributed by atoms with van der Waals surface area (Å²) in [4.78, 5) is 11.2. The number of hydrogen-bond acceptors (Lipinski definition) is 2. The lowest BCUT2D eigenvalue weighted by molar-refractivity contribution is -0.144. The minimum absolute atomic E-state index is 0.128. The van der Waals surface area contributed by atoms with Crippen LogP contribution >= 0.6 is 0 Å². The zero-order chi connectivity index (χ0) is 14.6. The molecule has 0 bridgehead atoms. The Labute approximate surface area is 96.0 Å². The number of carboxylic acids is 1. The summed E-state index contributed by atoms with van der Waals surface area (Å²) in [5, 5.41) is 9.13. The molecule has 1 saturated carbocycles. The van der Waals surface area contributed by atoms with Crippen molar-refractivity contribution >= 4 is 5.97 Å². The molecule has 3 nitrogen and oxygen atoms in total. The van der Waals surface area contributed by atoms with E-state index in [9.17, 15) is 4.79 Å². The maximum atomic E-state index is 11.2. The van der Waals surface area contributed by atoms with Crippen LogP contribution in [0.5, 0.6) is 0 Å². The summed E-state index contributed by atoms with van der Waals surface area (Å²) >= 11 is 0. The molecule has 0 saturated heterocycles. The van der Waals surface area contributed by atoms with Crippen molar-refractivity contribution in [3.63, 3.8) is 0 Å². The first-order valence-electron chi connectivity index (χ1n) is 7.29. The highest BCUT2D eigenvalue weighted by Crippen LogP contribution is 2.59. The third kappa shape index (κ3) is 1.59. The fraction of sp³-hybridized carbons (Fsp3) is 0.750. The number of carbonyl (C=O) groups is 1. The molecule has 2 aliphatic rings. The van der Waals surface area contributed by atoms with Gasteiger partial charge in [0.25, 0.3) is 0 Å². The molecule has 0 aliphatic heterocycles. The summed E-state index contributed by atoms with van der Waals surface area (Å²) in [6.45, 7) is -0.378. The summed E-state index contributed by atoms with van der Waals surface area (Å²) in [5.74, 6) is -1.94. The van der Waals surface area contributed by atoms with Gasteiger partial charge in [0.1, 0.15) is 0 Å². The van der Waals surface area contributed by atoms with E-state index in [-0.39, 0.29) is 12.3 Å². The number of nitrogens with two attached hydrogens (primary N) is 1. The van der Waals surface area contributed by atoms with Crippen LogP contribution in [0.4, 0.5) is 0 Å². The van der Waals surface area contributed by atoms with Gasteiger partial charge in [-0.3, -0.25) is 4.79 Å². The minimum atomic E-state index is -2.67. The molecule has 1 fully saturated rings. The van der Waals surface area contributed by atoms with Crippen LogP contribution in [0.25, 0.3) is 0 Å². The third-order valence-corrected chi connectivity index (χ3v) is 3.64. The van der Waals surface area contributed by atoms with Crippen LogP contribution in [-0.4, -0.2) is 17.6 Å². The molecule has 0 radical (unpaired) electrons. The quantitative estimate of drug-likeness (QED) is 0.700. The number of allylic oxidation sites excluding steroid dienone is 2. The molecule has 15 heavy (non-hydrogen) atoms. The average Bonchev–Trinajstić information content (AvgIpc) is 2.55. The van der Waals surface area contributed by atoms with Crippen LogP contribution in [0.3, 0.4) is 0 Å². The Balaban J connectivity index is 2.47. The van der Waals surface area contributed by atoms with E-state index in [0.717, 1.165) is 18.4 Å². The monoisotopic (exact) mass is 213 g/mol. The molecule has 0 heterocycles. The zero-order valence-corrected chi connectivity index (χ0v) is 8.79. The van der Waals surface area contributed by atoms with Crippen molar-refractivity contribution in [1.82, 2.24) is 0 Å². The van der Waals surface area contributed by atoms with Gasteiger partial charge in [-0.2, -0.15) is 0 Å². The van der Waals surface area contributed by atoms with Gasteiger partial charge < -0.3 is 10.8 Å². The zero-order valence-electron chi connectivity index (χ0n) is 12.8. The fourth-order valence-corrected chi connectivity index (χ4v) is 2.83. The summed E-state index contributed by atoms with van der Waals surface area (Å²) in [6, 6.07) is 0. The standard InChI is InChI=1S/C12H19NO2/c1-2-8-3-9-5-12(7-13,6-11(14)15)10(9)4-8/h4,9-10H,2-3,5-7,13H2,1H3,(H,14,15)/t9-,10-,12-/m1/s1/i6D2,7D2. The molecular formula is C12H19NO2. The van der Waals surface area contributed by atoms with E-state index in [4.69, 9.17) is 16.3 Å². The molecule has 0 unspecified atom stereocenters. The van der Waals surface area contributed by atoms with Crippen molar-refractivity contribution in [2.24, 2.45) is 23.0 Å². The number of rotatable bonds is 4. The Bertz CT molecular complexity index is 444. The topological polar surface area (TPSA) is 63.3 Å². The van der Waals surface area contributed by atoms with Crippen molar-refractivity contribution in [2.45, 2.75) is 32.6 Å². The normalized spacial score (nSPS) is 44.0. The average molecular weight is 213 g/mol. The molecule has 3 atom stereocenters. The Morgan fingerprint density at radius 3 is 3.13 bits per heavy atom. The van der Waals surface area contributed by atoms with Crippen molar-refractivity contribution in [3.05, 3.63) is 11.6 Å². The molecule has 2 aliphatic carbocycles. The van der Waals surface area contributed by atoms with Crippen LogP contribution in [0.15, 0.2) is 11.6 Å². The van der Waals surface area contributed by atoms with E-state index in [1.807, 2.05) is 13.0 Å². The second-order valence-corrected chi connectivity index (χ2v) is 4.42. The van der Waals surface area contributed by atoms with E-state index in [2.05, 4.69) is 0 Å². The first-order chi connectivity index (χ1) is 8.58. The van der Waals surface area contributed by atoms with Crippen LogP contribution < -0.4 is 5.73 Å². The van der Waals surface area contributed by atoms with Crippen LogP contribution in [0.1, 0.15) is 38.0 Å². The van der Waals surface area contributed by atoms with E-state index in [1.165, 1.54) is 0 Å². The van der Waals surface area contributed by atoms with Gasteiger partial charge in [-0.1, -0.05) is 18.6 Å². The third-order valence-electron chi connectivity index (χ3n) is 3.64. The van der Waals surface area contributed by atoms with Crippen molar-refractivity contribution in [1.29, 1.82) is 0 Å². The number of hydrogen-bond donors (Lipinski definition) is 2. The summed E-state index contributed by atoms with van der Waals surface area (Å²) < 4.78 is 31.2. The Morgan fingerprint density at radius 1 is 1.87 bits per heavy atom. The van der Waals surface area contributed by atoms with Gasteiger partial charge in [-0.25, -0.2) is 0 Å². The van der Waals surface area contributed by atoms with E-state index < -0.39 is 30.2 Å². The van der Waals surface area contributed by atoms with Gasteiger partial charge in [-0.05, 0) is 43.0 Å². The molecule has 3 heteroatoms. The van der Waals surface area contributed by atoms with Crippen molar-refractivity contribution in [2.75, 3.05) is 6.50 Å². The van der Waals surface area contributed by atoms with Crippen molar-refractivity contribution < 1.29 is 15.4 Å². The molecule has 0 aromatic heterocycles. The van der Waals surface area contributed by atoms with Gasteiger partial charge in [0.15, 0.2) is 0 Å². The molecule has 0 aromatic carbocycles. The maximum absolute atomic E-state index is 11.2. The minimum Gasteiger partial charge on any atom is -0.481 e. The Hall–Kier alpha value is -0.830. The molecule has 0 spiro atoms. The predicted molar refractivity (Wildman–Crippen MR) is 58.3 cm³/mol. The molecule has 0 aromatic rings. The van der Waals surface area contributed by atoms with E-state index in [0.29, 0.717) is 0 Å². The molecule has 0 amide bonds. The Morgan fingerprint density at radius 2 is 2.60 bits per heavy atom. The van der Waals surface area contributed by atoms with Crippen LogP contribution in [-0.2, 0) is 4.79 Å². The van der Waals surface area contributed by atoms with E-state index in [1.54, 1.807) is 0 Å². The summed E-state index contributed by atoms with van der Waals surface area (Å²) in [5.41, 5.74) is 5.01. The van der Waals surface area contributed by atoms with Crippen LogP contribution in [0, 0.1) is 17.3 Å². The van der Waals surface area contributed by atoms with E-state index >= 15 is 0 Å². The summed E-state index contributed by atoms with van der Waals surface area (Å²) in [6.07, 6.45) is 0.980. The van der Waals surface area contributed by atoms with Gasteiger partial charge >= 0.3 is 5.97 Å². The number of aliphatic carboxylic acids is 1. The summed E-state index contributed by atoms with van der Waals surface area (Å²) in [7, 11) is 0. The predicted octanol–water partition coefficient (Wildman–Crippen LogP) is 1.78. The lowest BCUT2D eigenvalue weighted by Gasteiger charge is -2.51. The first kappa shape index (κ1) is 6.69. The smallest absolute Gasteiger partial charge is 0.303 e. The molecule has 3 N–H and O–H groups in total. The Kier molecular flexibility index (Phi) is 1.62. The van der Waals surface area contributed by atoms with Crippen LogP contribution in [0.2, 0.25) is 0 Å². The second-order valence-electron chi connectivity index (χ2n) is 4.42. The first-order valence-corrected chi connectivity index (χ1v) is 5.29. The fourth-order valence-electron chi connectivity index (χ4n) is 2.83. The van der Waals surface area contributed by atoms with Gasteiger partial charge in [0.05, 0.1) is 6.37 Å². The highest BCUT2D eigenvalue weighted by molar-refractivity contribution is 5.68. The van der Waals surface area contributed by atoms with Gasteiger partial charge in [0, 0.05) is 5.48 Å². The van der Waals surface area contributed by atoms with Gasteiger partial charge in [0.2, 0.25) is 0 Å². The largest absolute Gasteiger partial charge is 0.481 e. The number of fused-ring (bicyclic) bond motifs is 1. The lowest BCUT2D eigenvalue weighted by atomic mass is 9.53. The second kappa shape index (κ2) is 3.63. The SMILES string of the molecule is [2H]C([2H])(N)[C@]1(C([2H])([2H])C(=O)O)C[C@H]2CC(CC)=C[C@H]21.